The van der Waals surface area contributed by atoms with Gasteiger partial charge in [0.05, 0.1) is 6.54 Å². The average Bonchev–Trinajstić information content (AvgIpc) is 3.37. The van der Waals surface area contributed by atoms with Gasteiger partial charge in [-0.2, -0.15) is 0 Å². The van der Waals surface area contributed by atoms with Gasteiger partial charge in [0, 0.05) is 23.7 Å². The summed E-state index contributed by atoms with van der Waals surface area (Å²) in [5.74, 6) is 0.235. The van der Waals surface area contributed by atoms with Crippen molar-refractivity contribution in [1.82, 2.24) is 9.80 Å². The minimum Gasteiger partial charge on any atom is -0.332 e. The maximum atomic E-state index is 13.5. The molecule has 0 saturated carbocycles. The third-order valence-corrected chi connectivity index (χ3v) is 6.79. The molecule has 0 spiro atoms. The van der Waals surface area contributed by atoms with Crippen molar-refractivity contribution in [3.63, 3.8) is 0 Å². The predicted octanol–water partition coefficient (Wildman–Crippen LogP) is 6.42. The molecule has 180 valence electrons. The van der Waals surface area contributed by atoms with Crippen LogP contribution in [0.4, 0.5) is 10.5 Å². The lowest BCUT2D eigenvalue weighted by molar-refractivity contribution is -0.133. The molecule has 0 aliphatic carbocycles. The minimum atomic E-state index is -0.238. The number of carbonyl (C=O) groups is 2. The summed E-state index contributed by atoms with van der Waals surface area (Å²) in [6.45, 7) is 7.91. The summed E-state index contributed by atoms with van der Waals surface area (Å²) < 4.78 is 0. The molecule has 1 heterocycles. The van der Waals surface area contributed by atoms with Gasteiger partial charge in [-0.25, -0.2) is 4.79 Å². The van der Waals surface area contributed by atoms with Gasteiger partial charge in [-0.3, -0.25) is 4.79 Å². The Kier molecular flexibility index (Phi) is 9.71. The van der Waals surface area contributed by atoms with Crippen molar-refractivity contribution < 1.29 is 9.59 Å². The molecule has 3 amide bonds. The van der Waals surface area contributed by atoms with Crippen LogP contribution < -0.4 is 5.32 Å². The summed E-state index contributed by atoms with van der Waals surface area (Å²) >= 11 is 1.64. The van der Waals surface area contributed by atoms with E-state index >= 15 is 0 Å². The molecule has 34 heavy (non-hydrogen) atoms. The molecular formula is C28H35N3O2S. The molecule has 3 aromatic rings. The quantitative estimate of drug-likeness (QED) is 0.346. The van der Waals surface area contributed by atoms with E-state index in [1.54, 1.807) is 16.2 Å². The van der Waals surface area contributed by atoms with Crippen molar-refractivity contribution in [1.29, 1.82) is 0 Å². The number of nitrogens with zero attached hydrogens (tertiary/aromatic N) is 2. The summed E-state index contributed by atoms with van der Waals surface area (Å²) in [4.78, 5) is 31.4. The lowest BCUT2D eigenvalue weighted by Crippen LogP contribution is -2.45. The third kappa shape index (κ3) is 7.73. The Balaban J connectivity index is 1.76. The van der Waals surface area contributed by atoms with Gasteiger partial charge in [0.15, 0.2) is 0 Å². The van der Waals surface area contributed by atoms with E-state index in [0.717, 1.165) is 34.5 Å². The van der Waals surface area contributed by atoms with Crippen LogP contribution in [0.2, 0.25) is 0 Å². The lowest BCUT2D eigenvalue weighted by atomic mass is 10.1. The first-order chi connectivity index (χ1) is 16.5. The monoisotopic (exact) mass is 477 g/mol. The summed E-state index contributed by atoms with van der Waals surface area (Å²) in [5.41, 5.74) is 2.99. The fourth-order valence-electron chi connectivity index (χ4n) is 3.69. The number of thiophene rings is 1. The Morgan fingerprint density at radius 3 is 2.35 bits per heavy atom. The predicted molar refractivity (Wildman–Crippen MR) is 141 cm³/mol. The summed E-state index contributed by atoms with van der Waals surface area (Å²) in [7, 11) is 0. The van der Waals surface area contributed by atoms with Crippen LogP contribution in [-0.2, 0) is 24.3 Å². The lowest BCUT2D eigenvalue weighted by Gasteiger charge is -2.29. The maximum absolute atomic E-state index is 13.5. The van der Waals surface area contributed by atoms with Gasteiger partial charge < -0.3 is 15.1 Å². The van der Waals surface area contributed by atoms with Gasteiger partial charge in [-0.1, -0.05) is 75.7 Å². The summed E-state index contributed by atoms with van der Waals surface area (Å²) in [6, 6.07) is 21.7. The molecule has 0 fully saturated rings. The molecule has 2 aromatic carbocycles. The molecule has 0 bridgehead atoms. The highest BCUT2D eigenvalue weighted by Gasteiger charge is 2.23. The SMILES string of the molecule is CCc1cccc(NC(=O)N(CC(=O)N(Cc2ccccc2)Cc2cccs2)CC(C)CC)c1. The second kappa shape index (κ2) is 12.9. The fourth-order valence-corrected chi connectivity index (χ4v) is 4.41. The van der Waals surface area contributed by atoms with E-state index in [1.165, 1.54) is 0 Å². The van der Waals surface area contributed by atoms with Gasteiger partial charge in [0.1, 0.15) is 6.54 Å². The van der Waals surface area contributed by atoms with Gasteiger partial charge in [-0.15, -0.1) is 11.3 Å². The maximum Gasteiger partial charge on any atom is 0.322 e. The molecular weight excluding hydrogens is 442 g/mol. The molecule has 0 aliphatic rings. The second-order valence-corrected chi connectivity index (χ2v) is 9.73. The van der Waals surface area contributed by atoms with Crippen molar-refractivity contribution in [3.05, 3.63) is 88.1 Å². The van der Waals surface area contributed by atoms with E-state index in [2.05, 4.69) is 26.1 Å². The molecule has 1 unspecified atom stereocenters. The van der Waals surface area contributed by atoms with Crippen LogP contribution in [-0.4, -0.2) is 34.8 Å². The fraction of sp³-hybridized carbons (Fsp3) is 0.357. The zero-order valence-electron chi connectivity index (χ0n) is 20.4. The Morgan fingerprint density at radius 2 is 1.68 bits per heavy atom. The van der Waals surface area contributed by atoms with Crippen LogP contribution in [0.25, 0.3) is 0 Å². The highest BCUT2D eigenvalue weighted by Crippen LogP contribution is 2.17. The number of carbonyl (C=O) groups excluding carboxylic acids is 2. The molecule has 0 aliphatic heterocycles. The summed E-state index contributed by atoms with van der Waals surface area (Å²) in [5, 5.41) is 5.03. The Labute approximate surface area is 207 Å². The van der Waals surface area contributed by atoms with Gasteiger partial charge in [-0.05, 0) is 47.0 Å². The molecule has 3 rings (SSSR count). The highest BCUT2D eigenvalue weighted by molar-refractivity contribution is 7.09. The number of hydrogen-bond donors (Lipinski definition) is 1. The first-order valence-electron chi connectivity index (χ1n) is 12.0. The molecule has 0 saturated heterocycles. The number of amides is 3. The average molecular weight is 478 g/mol. The Bertz CT molecular complexity index is 1040. The largest absolute Gasteiger partial charge is 0.332 e. The van der Waals surface area contributed by atoms with Crippen molar-refractivity contribution in [2.24, 2.45) is 5.92 Å². The molecule has 1 aromatic heterocycles. The summed E-state index contributed by atoms with van der Waals surface area (Å²) in [6.07, 6.45) is 1.84. The molecule has 6 heteroatoms. The number of hydrogen-bond acceptors (Lipinski definition) is 3. The second-order valence-electron chi connectivity index (χ2n) is 8.69. The smallest absolute Gasteiger partial charge is 0.322 e. The molecule has 1 atom stereocenters. The van der Waals surface area contributed by atoms with E-state index in [0.29, 0.717) is 25.6 Å². The van der Waals surface area contributed by atoms with E-state index in [-0.39, 0.29) is 18.5 Å². The standard InChI is InChI=1S/C28H35N3O2S/c1-4-22(3)18-31(28(33)29-25-14-9-13-23(5-2)17-25)21-27(32)30(20-26-15-10-16-34-26)19-24-11-7-6-8-12-24/h6-17,22H,4-5,18-21H2,1-3H3,(H,29,33). The minimum absolute atomic E-state index is 0.0435. The zero-order valence-corrected chi connectivity index (χ0v) is 21.2. The van der Waals surface area contributed by atoms with Gasteiger partial charge >= 0.3 is 6.03 Å². The van der Waals surface area contributed by atoms with Crippen molar-refractivity contribution in [2.75, 3.05) is 18.4 Å². The van der Waals surface area contributed by atoms with E-state index in [9.17, 15) is 9.59 Å². The number of aryl methyl sites for hydroxylation is 1. The Hall–Kier alpha value is -3.12. The Morgan fingerprint density at radius 1 is 0.912 bits per heavy atom. The van der Waals surface area contributed by atoms with E-state index in [4.69, 9.17) is 0 Å². The van der Waals surface area contributed by atoms with Crippen molar-refractivity contribution >= 4 is 29.0 Å². The number of anilines is 1. The van der Waals surface area contributed by atoms with Crippen LogP contribution in [0.1, 0.15) is 43.2 Å². The zero-order chi connectivity index (χ0) is 24.3. The van der Waals surface area contributed by atoms with Crippen LogP contribution in [0, 0.1) is 5.92 Å². The molecule has 0 radical (unpaired) electrons. The number of benzene rings is 2. The van der Waals surface area contributed by atoms with Crippen LogP contribution in [0.5, 0.6) is 0 Å². The number of rotatable bonds is 11. The first kappa shape index (κ1) is 25.5. The van der Waals surface area contributed by atoms with Crippen molar-refractivity contribution in [3.8, 4) is 0 Å². The molecule has 5 nitrogen and oxygen atoms in total. The van der Waals surface area contributed by atoms with Crippen LogP contribution >= 0.6 is 11.3 Å². The first-order valence-corrected chi connectivity index (χ1v) is 12.8. The topological polar surface area (TPSA) is 52.7 Å². The van der Waals surface area contributed by atoms with Gasteiger partial charge in [0.2, 0.25) is 5.91 Å². The normalized spacial score (nSPS) is 11.6. The number of urea groups is 1. The molecule has 1 N–H and O–H groups in total. The number of nitrogens with one attached hydrogen (secondary N) is 1. The third-order valence-electron chi connectivity index (χ3n) is 5.92. The highest BCUT2D eigenvalue weighted by atomic mass is 32.1. The van der Waals surface area contributed by atoms with E-state index in [1.807, 2.05) is 77.0 Å². The van der Waals surface area contributed by atoms with Crippen LogP contribution in [0.15, 0.2) is 72.1 Å². The van der Waals surface area contributed by atoms with E-state index < -0.39 is 0 Å². The van der Waals surface area contributed by atoms with Gasteiger partial charge in [0.25, 0.3) is 0 Å². The van der Waals surface area contributed by atoms with Crippen LogP contribution in [0.3, 0.4) is 0 Å². The van der Waals surface area contributed by atoms with Crippen molar-refractivity contribution in [2.45, 2.75) is 46.7 Å².